The summed E-state index contributed by atoms with van der Waals surface area (Å²) in [5.74, 6) is -0.194. The highest BCUT2D eigenvalue weighted by Crippen LogP contribution is 1.96. The molecule has 0 fully saturated rings. The predicted octanol–water partition coefficient (Wildman–Crippen LogP) is 1.53. The van der Waals surface area contributed by atoms with E-state index in [1.165, 1.54) is 0 Å². The maximum atomic E-state index is 10.7. The van der Waals surface area contributed by atoms with Crippen molar-refractivity contribution in [2.75, 3.05) is 0 Å². The summed E-state index contributed by atoms with van der Waals surface area (Å²) in [5, 5.41) is 0. The zero-order valence-corrected chi connectivity index (χ0v) is 6.99. The first-order valence-corrected chi connectivity index (χ1v) is 3.88. The maximum Gasteiger partial charge on any atom is 0.305 e. The van der Waals surface area contributed by atoms with E-state index in [-0.39, 0.29) is 12.6 Å². The number of carbonyl (C=O) groups excluding carboxylic acids is 1. The van der Waals surface area contributed by atoms with Crippen LogP contribution in [0.1, 0.15) is 19.0 Å². The molecule has 0 radical (unpaired) electrons. The summed E-state index contributed by atoms with van der Waals surface area (Å²) >= 11 is 0. The van der Waals surface area contributed by atoms with E-state index in [9.17, 15) is 4.79 Å². The number of hydrogen-bond donors (Lipinski definition) is 0. The molecule has 0 saturated heterocycles. The molecule has 1 rings (SSSR count). The van der Waals surface area contributed by atoms with Gasteiger partial charge in [0.25, 0.3) is 0 Å². The highest BCUT2D eigenvalue weighted by molar-refractivity contribution is 5.68. The van der Waals surface area contributed by atoms with Crippen LogP contribution in [0.3, 0.4) is 0 Å². The van der Waals surface area contributed by atoms with Crippen molar-refractivity contribution in [2.24, 2.45) is 0 Å². The number of rotatable bonds is 3. The van der Waals surface area contributed by atoms with Crippen molar-refractivity contribution in [3.8, 4) is 0 Å². The Hall–Kier alpha value is -1.38. The summed E-state index contributed by atoms with van der Waals surface area (Å²) in [4.78, 5) is 14.7. The second kappa shape index (κ2) is 4.49. The standard InChI is InChI=1S/C9H11NO2/c1-2-9(11)12-7-8-5-3-4-6-10-8/h3-6H,2,7H2,1H3. The van der Waals surface area contributed by atoms with Gasteiger partial charge in [0.2, 0.25) is 0 Å². The molecule has 0 spiro atoms. The summed E-state index contributed by atoms with van der Waals surface area (Å²) in [6.45, 7) is 2.04. The molecule has 1 aromatic rings. The molecule has 3 heteroatoms. The lowest BCUT2D eigenvalue weighted by molar-refractivity contribution is -0.144. The van der Waals surface area contributed by atoms with Gasteiger partial charge in [-0.1, -0.05) is 13.0 Å². The quantitative estimate of drug-likeness (QED) is 0.637. The topological polar surface area (TPSA) is 39.2 Å². The molecule has 1 heterocycles. The maximum absolute atomic E-state index is 10.7. The average Bonchev–Trinajstić information content (AvgIpc) is 2.16. The number of carbonyl (C=O) groups is 1. The van der Waals surface area contributed by atoms with E-state index >= 15 is 0 Å². The van der Waals surface area contributed by atoms with Crippen LogP contribution in [0.15, 0.2) is 24.4 Å². The van der Waals surface area contributed by atoms with Crippen LogP contribution in [-0.2, 0) is 16.1 Å². The Kier molecular flexibility index (Phi) is 3.26. The van der Waals surface area contributed by atoms with Crippen LogP contribution in [-0.4, -0.2) is 11.0 Å². The van der Waals surface area contributed by atoms with Gasteiger partial charge in [0.1, 0.15) is 6.61 Å². The average molecular weight is 165 g/mol. The van der Waals surface area contributed by atoms with Gasteiger partial charge >= 0.3 is 5.97 Å². The summed E-state index contributed by atoms with van der Waals surface area (Å²) in [7, 11) is 0. The molecule has 0 aliphatic heterocycles. The Morgan fingerprint density at radius 3 is 3.00 bits per heavy atom. The number of ether oxygens (including phenoxy) is 1. The number of esters is 1. The van der Waals surface area contributed by atoms with E-state index in [4.69, 9.17) is 4.74 Å². The first kappa shape index (κ1) is 8.71. The molecule has 0 amide bonds. The number of hydrogen-bond acceptors (Lipinski definition) is 3. The van der Waals surface area contributed by atoms with Crippen molar-refractivity contribution in [3.63, 3.8) is 0 Å². The van der Waals surface area contributed by atoms with E-state index in [1.54, 1.807) is 13.1 Å². The molecule has 12 heavy (non-hydrogen) atoms. The highest BCUT2D eigenvalue weighted by atomic mass is 16.5. The molecule has 3 nitrogen and oxygen atoms in total. The smallest absolute Gasteiger partial charge is 0.305 e. The monoisotopic (exact) mass is 165 g/mol. The van der Waals surface area contributed by atoms with Crippen molar-refractivity contribution in [3.05, 3.63) is 30.1 Å². The van der Waals surface area contributed by atoms with E-state index in [2.05, 4.69) is 4.98 Å². The Morgan fingerprint density at radius 2 is 2.42 bits per heavy atom. The molecular formula is C9H11NO2. The van der Waals surface area contributed by atoms with Gasteiger partial charge in [-0.15, -0.1) is 0 Å². The molecule has 1 aromatic heterocycles. The molecular weight excluding hydrogens is 154 g/mol. The Balaban J connectivity index is 2.38. The van der Waals surface area contributed by atoms with Gasteiger partial charge in [-0.05, 0) is 12.1 Å². The van der Waals surface area contributed by atoms with Gasteiger partial charge in [-0.3, -0.25) is 9.78 Å². The summed E-state index contributed by atoms with van der Waals surface area (Å²) in [6.07, 6.45) is 2.09. The first-order valence-electron chi connectivity index (χ1n) is 3.88. The Labute approximate surface area is 71.4 Å². The summed E-state index contributed by atoms with van der Waals surface area (Å²) in [5.41, 5.74) is 0.777. The second-order valence-electron chi connectivity index (χ2n) is 2.34. The zero-order chi connectivity index (χ0) is 8.81. The van der Waals surface area contributed by atoms with Crippen molar-refractivity contribution >= 4 is 5.97 Å². The third kappa shape index (κ3) is 2.70. The Bertz CT molecular complexity index is 246. The van der Waals surface area contributed by atoms with E-state index in [0.717, 1.165) is 5.69 Å². The largest absolute Gasteiger partial charge is 0.459 e. The molecule has 0 aliphatic rings. The molecule has 0 aromatic carbocycles. The lowest BCUT2D eigenvalue weighted by Gasteiger charge is -2.00. The third-order valence-corrected chi connectivity index (χ3v) is 1.40. The fourth-order valence-electron chi connectivity index (χ4n) is 0.740. The minimum atomic E-state index is -0.194. The minimum absolute atomic E-state index is 0.194. The number of pyridine rings is 1. The molecule has 0 bridgehead atoms. The molecule has 0 unspecified atom stereocenters. The molecule has 0 aliphatic carbocycles. The lowest BCUT2D eigenvalue weighted by Crippen LogP contribution is -2.03. The van der Waals surface area contributed by atoms with Gasteiger partial charge in [-0.25, -0.2) is 0 Å². The van der Waals surface area contributed by atoms with Crippen LogP contribution in [0.2, 0.25) is 0 Å². The summed E-state index contributed by atoms with van der Waals surface area (Å²) < 4.78 is 4.88. The van der Waals surface area contributed by atoms with E-state index in [1.807, 2.05) is 18.2 Å². The lowest BCUT2D eigenvalue weighted by atomic mass is 10.4. The highest BCUT2D eigenvalue weighted by Gasteiger charge is 1.98. The van der Waals surface area contributed by atoms with E-state index < -0.39 is 0 Å². The van der Waals surface area contributed by atoms with E-state index in [0.29, 0.717) is 6.42 Å². The normalized spacial score (nSPS) is 9.42. The zero-order valence-electron chi connectivity index (χ0n) is 6.99. The first-order chi connectivity index (χ1) is 5.83. The van der Waals surface area contributed by atoms with Crippen molar-refractivity contribution in [2.45, 2.75) is 20.0 Å². The molecule has 0 N–H and O–H groups in total. The van der Waals surface area contributed by atoms with Crippen molar-refractivity contribution in [1.29, 1.82) is 0 Å². The number of nitrogens with zero attached hydrogens (tertiary/aromatic N) is 1. The molecule has 0 saturated carbocycles. The molecule has 0 atom stereocenters. The number of aromatic nitrogens is 1. The van der Waals surface area contributed by atoms with Crippen molar-refractivity contribution < 1.29 is 9.53 Å². The van der Waals surface area contributed by atoms with Crippen LogP contribution >= 0.6 is 0 Å². The van der Waals surface area contributed by atoms with Crippen LogP contribution in [0.25, 0.3) is 0 Å². The fourth-order valence-corrected chi connectivity index (χ4v) is 0.740. The Morgan fingerprint density at radius 1 is 1.58 bits per heavy atom. The van der Waals surface area contributed by atoms with Crippen LogP contribution in [0.5, 0.6) is 0 Å². The van der Waals surface area contributed by atoms with Crippen LogP contribution < -0.4 is 0 Å². The van der Waals surface area contributed by atoms with Gasteiger partial charge in [0.05, 0.1) is 5.69 Å². The fraction of sp³-hybridized carbons (Fsp3) is 0.333. The predicted molar refractivity (Wildman–Crippen MR) is 44.3 cm³/mol. The SMILES string of the molecule is CCC(=O)OCc1ccccn1. The van der Waals surface area contributed by atoms with Crippen molar-refractivity contribution in [1.82, 2.24) is 4.98 Å². The van der Waals surface area contributed by atoms with Gasteiger partial charge < -0.3 is 4.74 Å². The van der Waals surface area contributed by atoms with Gasteiger partial charge in [0, 0.05) is 12.6 Å². The van der Waals surface area contributed by atoms with Crippen LogP contribution in [0, 0.1) is 0 Å². The summed E-state index contributed by atoms with van der Waals surface area (Å²) in [6, 6.07) is 5.51. The third-order valence-electron chi connectivity index (χ3n) is 1.40. The second-order valence-corrected chi connectivity index (χ2v) is 2.34. The van der Waals surface area contributed by atoms with Gasteiger partial charge in [-0.2, -0.15) is 0 Å². The minimum Gasteiger partial charge on any atom is -0.459 e. The van der Waals surface area contributed by atoms with Gasteiger partial charge in [0.15, 0.2) is 0 Å². The van der Waals surface area contributed by atoms with Crippen LogP contribution in [0.4, 0.5) is 0 Å². The molecule has 64 valence electrons.